The third-order valence-corrected chi connectivity index (χ3v) is 2.89. The van der Waals surface area contributed by atoms with E-state index in [2.05, 4.69) is 21.9 Å². The Morgan fingerprint density at radius 1 is 0.944 bits per heavy atom. The number of rotatable bonds is 2. The van der Waals surface area contributed by atoms with E-state index in [4.69, 9.17) is 5.26 Å². The first-order valence-corrected chi connectivity index (χ1v) is 5.57. The smallest absolute Gasteiger partial charge is 0.197 e. The first-order chi connectivity index (χ1) is 8.90. The number of anilines is 1. The van der Waals surface area contributed by atoms with Gasteiger partial charge in [0.2, 0.25) is 0 Å². The lowest BCUT2D eigenvalue weighted by atomic mass is 10.1. The molecule has 3 aromatic rings. The Morgan fingerprint density at radius 2 is 1.78 bits per heavy atom. The van der Waals surface area contributed by atoms with Gasteiger partial charge in [0, 0.05) is 17.0 Å². The maximum absolute atomic E-state index is 8.53. The summed E-state index contributed by atoms with van der Waals surface area (Å²) in [5.41, 5.74) is 7.09. The van der Waals surface area contributed by atoms with Crippen LogP contribution in [-0.2, 0) is 0 Å². The van der Waals surface area contributed by atoms with Gasteiger partial charge in [-0.1, -0.05) is 30.3 Å². The number of benzene rings is 2. The maximum atomic E-state index is 8.53. The molecule has 0 fully saturated rings. The van der Waals surface area contributed by atoms with Gasteiger partial charge in [-0.2, -0.15) is 5.26 Å². The summed E-state index contributed by atoms with van der Waals surface area (Å²) in [5, 5.41) is 11.7. The van der Waals surface area contributed by atoms with Gasteiger partial charge in [0.15, 0.2) is 6.19 Å². The SMILES string of the molecule is N#CNNc1cccc2c1cnc1ccccc12. The molecule has 0 atom stereocenters. The molecular weight excluding hydrogens is 224 g/mol. The highest BCUT2D eigenvalue weighted by Gasteiger charge is 2.04. The van der Waals surface area contributed by atoms with E-state index in [1.807, 2.05) is 48.8 Å². The molecule has 2 aromatic carbocycles. The zero-order valence-electron chi connectivity index (χ0n) is 9.51. The zero-order chi connectivity index (χ0) is 12.4. The largest absolute Gasteiger partial charge is 0.292 e. The molecule has 0 spiro atoms. The summed E-state index contributed by atoms with van der Waals surface area (Å²) in [6.45, 7) is 0. The van der Waals surface area contributed by atoms with Crippen LogP contribution in [0.15, 0.2) is 48.7 Å². The number of hydrazine groups is 1. The van der Waals surface area contributed by atoms with Crippen LogP contribution >= 0.6 is 0 Å². The van der Waals surface area contributed by atoms with Crippen molar-refractivity contribution >= 4 is 27.4 Å². The Labute approximate surface area is 104 Å². The summed E-state index contributed by atoms with van der Waals surface area (Å²) in [6, 6.07) is 13.9. The molecule has 0 saturated heterocycles. The summed E-state index contributed by atoms with van der Waals surface area (Å²) in [6.07, 6.45) is 3.66. The third-order valence-electron chi connectivity index (χ3n) is 2.89. The highest BCUT2D eigenvalue weighted by molar-refractivity contribution is 6.09. The number of aromatic nitrogens is 1. The Bertz CT molecular complexity index is 758. The van der Waals surface area contributed by atoms with Crippen molar-refractivity contribution in [2.45, 2.75) is 0 Å². The number of pyridine rings is 1. The maximum Gasteiger partial charge on any atom is 0.197 e. The second-order valence-corrected chi connectivity index (χ2v) is 3.90. The van der Waals surface area contributed by atoms with Crippen LogP contribution in [0, 0.1) is 11.5 Å². The molecule has 0 aliphatic heterocycles. The van der Waals surface area contributed by atoms with Gasteiger partial charge in [0.25, 0.3) is 0 Å². The minimum Gasteiger partial charge on any atom is -0.292 e. The van der Waals surface area contributed by atoms with E-state index in [0.717, 1.165) is 27.4 Å². The first kappa shape index (κ1) is 10.4. The van der Waals surface area contributed by atoms with Gasteiger partial charge in [0.1, 0.15) is 0 Å². The van der Waals surface area contributed by atoms with Crippen LogP contribution in [0.2, 0.25) is 0 Å². The number of para-hydroxylation sites is 1. The summed E-state index contributed by atoms with van der Waals surface area (Å²) in [5.74, 6) is 0. The highest BCUT2D eigenvalue weighted by Crippen LogP contribution is 2.28. The summed E-state index contributed by atoms with van der Waals surface area (Å²) in [7, 11) is 0. The lowest BCUT2D eigenvalue weighted by Crippen LogP contribution is -2.14. The normalized spacial score (nSPS) is 10.2. The van der Waals surface area contributed by atoms with Crippen molar-refractivity contribution < 1.29 is 0 Å². The van der Waals surface area contributed by atoms with Crippen molar-refractivity contribution in [2.24, 2.45) is 0 Å². The first-order valence-electron chi connectivity index (χ1n) is 5.57. The Hall–Kier alpha value is -2.80. The van der Waals surface area contributed by atoms with E-state index in [1.54, 1.807) is 0 Å². The van der Waals surface area contributed by atoms with Gasteiger partial charge in [-0.3, -0.25) is 10.4 Å². The highest BCUT2D eigenvalue weighted by atomic mass is 15.3. The Kier molecular flexibility index (Phi) is 2.43. The molecule has 4 nitrogen and oxygen atoms in total. The molecule has 0 bridgehead atoms. The molecule has 0 unspecified atom stereocenters. The van der Waals surface area contributed by atoms with E-state index in [-0.39, 0.29) is 0 Å². The minimum atomic E-state index is 0.840. The quantitative estimate of drug-likeness (QED) is 0.310. The molecule has 1 heterocycles. The average molecular weight is 234 g/mol. The van der Waals surface area contributed by atoms with E-state index in [1.165, 1.54) is 0 Å². The van der Waals surface area contributed by atoms with E-state index in [9.17, 15) is 0 Å². The lowest BCUT2D eigenvalue weighted by Gasteiger charge is -2.09. The molecule has 0 saturated carbocycles. The second kappa shape index (κ2) is 4.22. The second-order valence-electron chi connectivity index (χ2n) is 3.90. The number of hydrogen-bond acceptors (Lipinski definition) is 4. The Balaban J connectivity index is 2.30. The predicted octanol–water partition coefficient (Wildman–Crippen LogP) is 2.79. The molecule has 86 valence electrons. The monoisotopic (exact) mass is 234 g/mol. The molecular formula is C14H10N4. The lowest BCUT2D eigenvalue weighted by molar-refractivity contribution is 1.07. The van der Waals surface area contributed by atoms with Crippen molar-refractivity contribution in [1.82, 2.24) is 10.4 Å². The fourth-order valence-electron chi connectivity index (χ4n) is 2.09. The zero-order valence-corrected chi connectivity index (χ0v) is 9.51. The molecule has 0 radical (unpaired) electrons. The molecule has 4 heteroatoms. The van der Waals surface area contributed by atoms with Crippen LogP contribution in [0.25, 0.3) is 21.7 Å². The predicted molar refractivity (Wildman–Crippen MR) is 71.6 cm³/mol. The molecule has 0 aliphatic rings. The molecule has 0 amide bonds. The standard InChI is InChI=1S/C14H10N4/c15-9-17-18-14-7-3-5-10-11-4-1-2-6-13(11)16-8-12(10)14/h1-8,17-18H. The van der Waals surface area contributed by atoms with Crippen molar-refractivity contribution in [3.8, 4) is 6.19 Å². The Morgan fingerprint density at radius 3 is 2.67 bits per heavy atom. The van der Waals surface area contributed by atoms with Crippen LogP contribution in [0.5, 0.6) is 0 Å². The molecule has 0 aliphatic carbocycles. The van der Waals surface area contributed by atoms with Gasteiger partial charge < -0.3 is 0 Å². The summed E-state index contributed by atoms with van der Waals surface area (Å²) < 4.78 is 0. The number of nitriles is 1. The van der Waals surface area contributed by atoms with Crippen LogP contribution in [-0.4, -0.2) is 4.98 Å². The van der Waals surface area contributed by atoms with Crippen molar-refractivity contribution in [3.63, 3.8) is 0 Å². The van der Waals surface area contributed by atoms with E-state index in [0.29, 0.717) is 0 Å². The van der Waals surface area contributed by atoms with E-state index < -0.39 is 0 Å². The number of nitrogens with zero attached hydrogens (tertiary/aromatic N) is 2. The van der Waals surface area contributed by atoms with Gasteiger partial charge in [-0.25, -0.2) is 5.43 Å². The molecule has 18 heavy (non-hydrogen) atoms. The molecule has 1 aromatic heterocycles. The van der Waals surface area contributed by atoms with Crippen LogP contribution in [0.1, 0.15) is 0 Å². The van der Waals surface area contributed by atoms with Crippen molar-refractivity contribution in [2.75, 3.05) is 5.43 Å². The summed E-state index contributed by atoms with van der Waals surface area (Å²) >= 11 is 0. The minimum absolute atomic E-state index is 0.840. The van der Waals surface area contributed by atoms with Crippen LogP contribution in [0.4, 0.5) is 5.69 Å². The third kappa shape index (κ3) is 1.59. The average Bonchev–Trinajstić information content (AvgIpc) is 2.44. The molecule has 3 rings (SSSR count). The van der Waals surface area contributed by atoms with Crippen LogP contribution < -0.4 is 10.9 Å². The number of hydrogen-bond donors (Lipinski definition) is 2. The van der Waals surface area contributed by atoms with Gasteiger partial charge in [-0.05, 0) is 17.5 Å². The number of fused-ring (bicyclic) bond motifs is 3. The van der Waals surface area contributed by atoms with Gasteiger partial charge >= 0.3 is 0 Å². The van der Waals surface area contributed by atoms with Gasteiger partial charge in [-0.15, -0.1) is 0 Å². The fraction of sp³-hybridized carbons (Fsp3) is 0. The fourth-order valence-corrected chi connectivity index (χ4v) is 2.09. The van der Waals surface area contributed by atoms with Crippen molar-refractivity contribution in [1.29, 1.82) is 5.26 Å². The molecule has 2 N–H and O–H groups in total. The topological polar surface area (TPSA) is 60.7 Å². The van der Waals surface area contributed by atoms with Crippen LogP contribution in [0.3, 0.4) is 0 Å². The van der Waals surface area contributed by atoms with Crippen molar-refractivity contribution in [3.05, 3.63) is 48.7 Å². The van der Waals surface area contributed by atoms with E-state index >= 15 is 0 Å². The number of nitrogens with one attached hydrogen (secondary N) is 2. The summed E-state index contributed by atoms with van der Waals surface area (Å²) in [4.78, 5) is 4.43. The van der Waals surface area contributed by atoms with Gasteiger partial charge in [0.05, 0.1) is 11.2 Å².